The number of aliphatic imine (C=N–C) groups is 1. The zero-order chi connectivity index (χ0) is 16.5. The topological polar surface area (TPSA) is 57.2 Å². The maximum absolute atomic E-state index is 12.3. The molecular weight excluding hydrogens is 312 g/mol. The van der Waals surface area contributed by atoms with Gasteiger partial charge in [-0.3, -0.25) is 9.79 Å². The van der Waals surface area contributed by atoms with Crippen LogP contribution in [0.3, 0.4) is 0 Å². The number of rotatable bonds is 6. The highest BCUT2D eigenvalue weighted by Gasteiger charge is 2.30. The number of guanidine groups is 1. The van der Waals surface area contributed by atoms with Crippen LogP contribution in [0, 0.1) is 0 Å². The first-order valence-corrected chi connectivity index (χ1v) is 9.46. The average molecular weight is 340 g/mol. The summed E-state index contributed by atoms with van der Waals surface area (Å²) >= 11 is 1.85. The molecule has 1 atom stereocenters. The van der Waals surface area contributed by atoms with E-state index < -0.39 is 0 Å². The number of nitrogens with one attached hydrogen (secondary N) is 1. The minimum atomic E-state index is -0.208. The van der Waals surface area contributed by atoms with Crippen LogP contribution in [-0.2, 0) is 9.53 Å². The van der Waals surface area contributed by atoms with Crippen molar-refractivity contribution in [2.45, 2.75) is 18.9 Å². The molecule has 0 aromatic carbocycles. The van der Waals surface area contributed by atoms with E-state index in [0.717, 1.165) is 69.6 Å². The molecule has 23 heavy (non-hydrogen) atoms. The van der Waals surface area contributed by atoms with Gasteiger partial charge in [0.25, 0.3) is 5.91 Å². The van der Waals surface area contributed by atoms with Crippen LogP contribution in [0.4, 0.5) is 0 Å². The van der Waals surface area contributed by atoms with Crippen LogP contribution >= 0.6 is 11.8 Å². The van der Waals surface area contributed by atoms with Crippen LogP contribution < -0.4 is 5.32 Å². The van der Waals surface area contributed by atoms with Crippen molar-refractivity contribution in [3.8, 4) is 0 Å². The van der Waals surface area contributed by atoms with Crippen molar-refractivity contribution in [3.63, 3.8) is 0 Å². The normalized spacial score (nSPS) is 22.3. The lowest BCUT2D eigenvalue weighted by atomic mass is 10.2. The van der Waals surface area contributed by atoms with Gasteiger partial charge in [-0.05, 0) is 12.8 Å². The molecular formula is C16H28N4O2S. The van der Waals surface area contributed by atoms with Gasteiger partial charge in [0.15, 0.2) is 5.96 Å². The Morgan fingerprint density at radius 2 is 2.13 bits per heavy atom. The highest BCUT2D eigenvalue weighted by atomic mass is 32.2. The summed E-state index contributed by atoms with van der Waals surface area (Å²) in [6.45, 7) is 8.44. The molecule has 0 radical (unpaired) electrons. The largest absolute Gasteiger partial charge is 0.368 e. The Hall–Kier alpha value is -1.21. The van der Waals surface area contributed by atoms with E-state index in [1.165, 1.54) is 0 Å². The zero-order valence-corrected chi connectivity index (χ0v) is 14.8. The Bertz CT molecular complexity index is 416. The van der Waals surface area contributed by atoms with Crippen molar-refractivity contribution in [1.29, 1.82) is 0 Å². The summed E-state index contributed by atoms with van der Waals surface area (Å²) in [6.07, 6.45) is 3.58. The van der Waals surface area contributed by atoms with Crippen LogP contribution in [0.1, 0.15) is 12.8 Å². The third-order valence-electron chi connectivity index (χ3n) is 4.07. The molecule has 0 spiro atoms. The molecule has 2 saturated heterocycles. The molecule has 1 unspecified atom stereocenters. The van der Waals surface area contributed by atoms with E-state index in [1.807, 2.05) is 29.8 Å². The summed E-state index contributed by atoms with van der Waals surface area (Å²) in [5.41, 5.74) is 0. The SMILES string of the molecule is C=CCSCCNC(=NC)N1CCN(C(=O)C2CCCO2)CC1. The van der Waals surface area contributed by atoms with Gasteiger partial charge in [0.1, 0.15) is 6.10 Å². The fourth-order valence-corrected chi connectivity index (χ4v) is 3.43. The molecule has 0 aromatic rings. The van der Waals surface area contributed by atoms with Gasteiger partial charge in [-0.25, -0.2) is 0 Å². The molecule has 1 amide bonds. The Morgan fingerprint density at radius 1 is 1.39 bits per heavy atom. The van der Waals surface area contributed by atoms with Crippen LogP contribution in [0.25, 0.3) is 0 Å². The van der Waals surface area contributed by atoms with Crippen molar-refractivity contribution in [3.05, 3.63) is 12.7 Å². The van der Waals surface area contributed by atoms with Crippen molar-refractivity contribution in [2.24, 2.45) is 4.99 Å². The standard InChI is InChI=1S/C16H28N4O2S/c1-3-12-23-13-6-18-16(17-2)20-9-7-19(8-10-20)15(21)14-5-4-11-22-14/h3,14H,1,4-13H2,2H3,(H,17,18). The van der Waals surface area contributed by atoms with E-state index in [2.05, 4.69) is 21.8 Å². The van der Waals surface area contributed by atoms with Gasteiger partial charge >= 0.3 is 0 Å². The molecule has 0 bridgehead atoms. The van der Waals surface area contributed by atoms with E-state index in [1.54, 1.807) is 0 Å². The Labute approximate surface area is 143 Å². The minimum absolute atomic E-state index is 0.158. The third-order valence-corrected chi connectivity index (χ3v) is 5.04. The van der Waals surface area contributed by atoms with E-state index in [4.69, 9.17) is 4.74 Å². The second kappa shape index (κ2) is 9.82. The first-order chi connectivity index (χ1) is 11.3. The molecule has 0 saturated carbocycles. The van der Waals surface area contributed by atoms with Gasteiger partial charge in [-0.1, -0.05) is 6.08 Å². The number of hydrogen-bond donors (Lipinski definition) is 1. The van der Waals surface area contributed by atoms with Crippen LogP contribution in [0.2, 0.25) is 0 Å². The monoisotopic (exact) mass is 340 g/mol. The second-order valence-electron chi connectivity index (χ2n) is 5.65. The summed E-state index contributed by atoms with van der Waals surface area (Å²) in [5.74, 6) is 3.09. The highest BCUT2D eigenvalue weighted by molar-refractivity contribution is 7.99. The van der Waals surface area contributed by atoms with Gasteiger partial charge in [0.2, 0.25) is 0 Å². The van der Waals surface area contributed by atoms with E-state index in [0.29, 0.717) is 0 Å². The average Bonchev–Trinajstić information content (AvgIpc) is 3.12. The lowest BCUT2D eigenvalue weighted by Gasteiger charge is -2.37. The fourth-order valence-electron chi connectivity index (χ4n) is 2.85. The number of thioether (sulfide) groups is 1. The van der Waals surface area contributed by atoms with Crippen molar-refractivity contribution in [2.75, 3.05) is 57.9 Å². The van der Waals surface area contributed by atoms with Crippen molar-refractivity contribution >= 4 is 23.6 Å². The molecule has 2 aliphatic rings. The summed E-state index contributed by atoms with van der Waals surface area (Å²) < 4.78 is 5.50. The molecule has 0 aliphatic carbocycles. The van der Waals surface area contributed by atoms with Crippen LogP contribution in [0.5, 0.6) is 0 Å². The Morgan fingerprint density at radius 3 is 2.74 bits per heavy atom. The second-order valence-corrected chi connectivity index (χ2v) is 6.80. The summed E-state index contributed by atoms with van der Waals surface area (Å²) in [4.78, 5) is 20.8. The molecule has 2 heterocycles. The number of piperazine rings is 1. The van der Waals surface area contributed by atoms with E-state index >= 15 is 0 Å². The smallest absolute Gasteiger partial charge is 0.251 e. The number of amides is 1. The lowest BCUT2D eigenvalue weighted by molar-refractivity contribution is -0.142. The number of ether oxygens (including phenoxy) is 1. The summed E-state index contributed by atoms with van der Waals surface area (Å²) in [7, 11) is 1.81. The quantitative estimate of drug-likeness (QED) is 0.336. The maximum atomic E-state index is 12.3. The predicted octanol–water partition coefficient (Wildman–Crippen LogP) is 0.804. The molecule has 7 heteroatoms. The summed E-state index contributed by atoms with van der Waals surface area (Å²) in [6, 6.07) is 0. The maximum Gasteiger partial charge on any atom is 0.251 e. The van der Waals surface area contributed by atoms with Gasteiger partial charge in [0, 0.05) is 57.9 Å². The zero-order valence-electron chi connectivity index (χ0n) is 14.0. The van der Waals surface area contributed by atoms with Gasteiger partial charge < -0.3 is 19.9 Å². The van der Waals surface area contributed by atoms with E-state index in [-0.39, 0.29) is 12.0 Å². The van der Waals surface area contributed by atoms with Gasteiger partial charge in [-0.15, -0.1) is 6.58 Å². The molecule has 6 nitrogen and oxygen atoms in total. The minimum Gasteiger partial charge on any atom is -0.368 e. The number of carbonyl (C=O) groups is 1. The molecule has 2 aliphatic heterocycles. The van der Waals surface area contributed by atoms with Crippen molar-refractivity contribution < 1.29 is 9.53 Å². The molecule has 130 valence electrons. The van der Waals surface area contributed by atoms with E-state index in [9.17, 15) is 4.79 Å². The lowest BCUT2D eigenvalue weighted by Crippen LogP contribution is -2.55. The fraction of sp³-hybridized carbons (Fsp3) is 0.750. The number of hydrogen-bond acceptors (Lipinski definition) is 4. The van der Waals surface area contributed by atoms with Gasteiger partial charge in [0.05, 0.1) is 0 Å². The predicted molar refractivity (Wildman–Crippen MR) is 96.0 cm³/mol. The van der Waals surface area contributed by atoms with Crippen molar-refractivity contribution in [1.82, 2.24) is 15.1 Å². The third kappa shape index (κ3) is 5.42. The van der Waals surface area contributed by atoms with Crippen LogP contribution in [-0.4, -0.2) is 85.7 Å². The molecule has 0 aromatic heterocycles. The number of carbonyl (C=O) groups excluding carboxylic acids is 1. The Balaban J connectivity index is 1.71. The molecule has 2 rings (SSSR count). The first-order valence-electron chi connectivity index (χ1n) is 8.31. The first kappa shape index (κ1) is 18.1. The van der Waals surface area contributed by atoms with Crippen LogP contribution in [0.15, 0.2) is 17.6 Å². The summed E-state index contributed by atoms with van der Waals surface area (Å²) in [5, 5.41) is 3.39. The van der Waals surface area contributed by atoms with Gasteiger partial charge in [-0.2, -0.15) is 11.8 Å². The highest BCUT2D eigenvalue weighted by Crippen LogP contribution is 2.16. The molecule has 1 N–H and O–H groups in total. The molecule has 2 fully saturated rings. The number of nitrogens with zero attached hydrogens (tertiary/aromatic N) is 3. The Kier molecular flexibility index (Phi) is 7.74.